The van der Waals surface area contributed by atoms with Crippen LogP contribution < -0.4 is 30.6 Å². The van der Waals surface area contributed by atoms with Gasteiger partial charge in [-0.3, -0.25) is 57.5 Å². The Morgan fingerprint density at radius 1 is 0.257 bits per heavy atom. The molecule has 0 aliphatic carbocycles. The van der Waals surface area contributed by atoms with Crippen molar-refractivity contribution in [1.82, 2.24) is 0 Å². The fourth-order valence-corrected chi connectivity index (χ4v) is 4.55. The summed E-state index contributed by atoms with van der Waals surface area (Å²) in [6.45, 7) is 2.86. The van der Waals surface area contributed by atoms with Crippen molar-refractivity contribution in [3.05, 3.63) is 176 Å². The van der Waals surface area contributed by atoms with Crippen LogP contribution in [0.25, 0.3) is 0 Å². The third-order valence-corrected chi connectivity index (χ3v) is 7.98. The maximum atomic E-state index is 11.0. The van der Waals surface area contributed by atoms with Gasteiger partial charge in [0.2, 0.25) is 0 Å². The molecular formula is C52H36Gd2N2O18. The van der Waals surface area contributed by atoms with Gasteiger partial charge in [-0.1, -0.05) is 144 Å². The number of carbonyl (C=O) groups is 12. The van der Waals surface area contributed by atoms with E-state index in [2.05, 4.69) is 0 Å². The Morgan fingerprint density at radius 2 is 0.324 bits per heavy atom. The van der Waals surface area contributed by atoms with E-state index in [1.807, 2.05) is 0 Å². The van der Waals surface area contributed by atoms with Gasteiger partial charge in [-0.05, 0) is 0 Å². The van der Waals surface area contributed by atoms with Gasteiger partial charge in [0.25, 0.3) is 0 Å². The molecular weight excluding hydrogens is 1260 g/mol. The number of hydrogen-bond acceptors (Lipinski definition) is 20. The van der Waals surface area contributed by atoms with E-state index in [-0.39, 0.29) is 147 Å². The van der Waals surface area contributed by atoms with Crippen molar-refractivity contribution in [2.45, 2.75) is 13.8 Å². The van der Waals surface area contributed by atoms with E-state index < -0.39 is 34.5 Å². The molecule has 0 amide bonds. The van der Waals surface area contributed by atoms with E-state index in [1.165, 1.54) is 123 Å². The van der Waals surface area contributed by atoms with Crippen LogP contribution in [-0.4, -0.2) is 75.4 Å². The van der Waals surface area contributed by atoms with Crippen LogP contribution in [0.1, 0.15) is 138 Å². The van der Waals surface area contributed by atoms with E-state index in [0.29, 0.717) is 75.4 Å². The molecule has 74 heavy (non-hydrogen) atoms. The average Bonchev–Trinajstić information content (AvgIpc) is 3.40. The molecule has 378 valence electrons. The van der Waals surface area contributed by atoms with Crippen LogP contribution >= 0.6 is 0 Å². The molecule has 0 bridgehead atoms. The Labute approximate surface area is 485 Å². The Kier molecular flexibility index (Phi) is 42.6. The molecule has 0 spiro atoms. The molecule has 0 aromatic heterocycles. The van der Waals surface area contributed by atoms with Gasteiger partial charge in [-0.25, -0.2) is 0 Å². The number of nitriles is 2. The summed E-state index contributed by atoms with van der Waals surface area (Å²) in [6.07, 6.45) is 5.28. The smallest absolute Gasteiger partial charge is 0.871 e. The van der Waals surface area contributed by atoms with Crippen LogP contribution in [0, 0.1) is 103 Å². The fraction of sp³-hybridized carbons (Fsp3) is 0.0385. The standard InChI is InChI=1S/6C8H6O3.2C2H3N.2Gd/c6*9-4-6-2-1-3-7(5-10)8(6)11;2*1-2-3;;/h6*1-5,11H;2*1H3;;/q;;;;;;;;2*+3/p-6. The van der Waals surface area contributed by atoms with Gasteiger partial charge in [0.05, 0.1) is 12.1 Å². The second kappa shape index (κ2) is 43.6. The Balaban J connectivity index is -0.000000386. The van der Waals surface area contributed by atoms with E-state index >= 15 is 0 Å². The van der Waals surface area contributed by atoms with E-state index in [1.54, 1.807) is 12.1 Å². The summed E-state index contributed by atoms with van der Waals surface area (Å²) in [5.41, 5.74) is 0.273. The van der Waals surface area contributed by atoms with Gasteiger partial charge in [-0.15, -0.1) is 0 Å². The van der Waals surface area contributed by atoms with Gasteiger partial charge in [-0.2, -0.15) is 10.5 Å². The van der Waals surface area contributed by atoms with Crippen molar-refractivity contribution >= 4 is 75.4 Å². The molecule has 20 nitrogen and oxygen atoms in total. The Bertz CT molecular complexity index is 2280. The Morgan fingerprint density at radius 3 is 0.378 bits per heavy atom. The first kappa shape index (κ1) is 72.3. The van der Waals surface area contributed by atoms with E-state index in [0.717, 1.165) is 0 Å². The molecule has 0 unspecified atom stereocenters. The first-order valence-corrected chi connectivity index (χ1v) is 19.4. The first-order chi connectivity index (χ1) is 34.6. The van der Waals surface area contributed by atoms with Crippen LogP contribution in [0.5, 0.6) is 34.5 Å². The number of hydrogen-bond donors (Lipinski definition) is 0. The second-order valence-corrected chi connectivity index (χ2v) is 12.5. The van der Waals surface area contributed by atoms with Crippen molar-refractivity contribution in [3.8, 4) is 46.6 Å². The average molecular weight is 1290 g/mol. The van der Waals surface area contributed by atoms with Crippen LogP contribution in [0.15, 0.2) is 109 Å². The molecule has 0 saturated carbocycles. The number of carbonyl (C=O) groups excluding carboxylic acids is 12. The summed E-state index contributed by atoms with van der Waals surface area (Å²) < 4.78 is 0. The van der Waals surface area contributed by atoms with Gasteiger partial charge in [0, 0.05) is 80.6 Å². The molecule has 6 aromatic carbocycles. The molecule has 0 aliphatic heterocycles. The molecule has 6 aromatic rings. The third kappa shape index (κ3) is 25.3. The summed E-state index contributed by atoms with van der Waals surface area (Å²) in [7, 11) is 0. The van der Waals surface area contributed by atoms with Crippen molar-refractivity contribution < 1.29 is 168 Å². The van der Waals surface area contributed by atoms with Crippen molar-refractivity contribution in [3.63, 3.8) is 0 Å². The van der Waals surface area contributed by atoms with Crippen LogP contribution in [-0.2, 0) is 0 Å². The topological polar surface area (TPSA) is 391 Å². The number of nitrogens with zero attached hydrogens (tertiary/aromatic N) is 2. The monoisotopic (exact) mass is 1290 g/mol. The minimum atomic E-state index is -0.502. The van der Waals surface area contributed by atoms with Crippen molar-refractivity contribution in [2.24, 2.45) is 0 Å². The first-order valence-electron chi connectivity index (χ1n) is 19.4. The predicted octanol–water partition coefficient (Wildman–Crippen LogP) is 3.37. The zero-order valence-corrected chi connectivity index (χ0v) is 42.8. The molecule has 0 saturated heterocycles. The Hall–Kier alpha value is -8.21. The summed E-state index contributed by atoms with van der Waals surface area (Å²) >= 11 is 0. The van der Waals surface area contributed by atoms with Crippen LogP contribution in [0.4, 0.5) is 0 Å². The second-order valence-electron chi connectivity index (χ2n) is 12.5. The van der Waals surface area contributed by atoms with Crippen molar-refractivity contribution in [2.75, 3.05) is 0 Å². The zero-order chi connectivity index (χ0) is 55.0. The van der Waals surface area contributed by atoms with Crippen LogP contribution in [0.3, 0.4) is 0 Å². The largest absolute Gasteiger partial charge is 3.00 e. The summed E-state index contributed by atoms with van der Waals surface area (Å²) in [4.78, 5) is 122. The van der Waals surface area contributed by atoms with Crippen molar-refractivity contribution in [1.29, 1.82) is 10.5 Å². The maximum absolute atomic E-state index is 11.0. The third-order valence-electron chi connectivity index (χ3n) is 7.98. The van der Waals surface area contributed by atoms with Gasteiger partial charge < -0.3 is 30.6 Å². The fourth-order valence-electron chi connectivity index (χ4n) is 4.55. The predicted molar refractivity (Wildman–Crippen MR) is 243 cm³/mol. The molecule has 0 N–H and O–H groups in total. The molecule has 6 rings (SSSR count). The van der Waals surface area contributed by atoms with Gasteiger partial charge in [0.1, 0.15) is 75.4 Å². The van der Waals surface area contributed by atoms with Crippen LogP contribution in [0.2, 0.25) is 0 Å². The number of para-hydroxylation sites is 6. The SMILES string of the molecule is CC#N.CC#N.O=Cc1cccc(C=O)c1[O-].O=Cc1cccc(C=O)c1[O-].O=Cc1cccc(C=O)c1[O-].O=Cc1cccc(C=O)c1[O-].O=Cc1cccc(C=O)c1[O-].O=Cc1cccc(C=O)c1[O-].[Gd+3].[Gd+3]. The number of rotatable bonds is 12. The normalized spacial score (nSPS) is 8.32. The van der Waals surface area contributed by atoms with E-state index in [4.69, 9.17) is 10.5 Å². The van der Waals surface area contributed by atoms with Gasteiger partial charge >= 0.3 is 79.9 Å². The number of benzene rings is 6. The molecule has 0 fully saturated rings. The quantitative estimate of drug-likeness (QED) is 0.158. The number of aldehydes is 12. The maximum Gasteiger partial charge on any atom is 3.00 e. The minimum Gasteiger partial charge on any atom is -0.871 e. The molecule has 0 atom stereocenters. The molecule has 22 heteroatoms. The zero-order valence-electron chi connectivity index (χ0n) is 38.3. The minimum absolute atomic E-state index is 0. The summed E-state index contributed by atoms with van der Waals surface area (Å²) in [5, 5.41) is 80.5. The van der Waals surface area contributed by atoms with E-state index in [9.17, 15) is 88.2 Å². The van der Waals surface area contributed by atoms with Gasteiger partial charge in [0.15, 0.2) is 0 Å². The summed E-state index contributed by atoms with van der Waals surface area (Å²) in [6, 6.07) is 29.0. The molecule has 0 aliphatic rings. The molecule has 2 radical (unpaired) electrons. The summed E-state index contributed by atoms with van der Waals surface area (Å²) in [5.74, 6) is -3.01. The molecule has 0 heterocycles.